The molecule has 5 heteroatoms. The number of carbonyl (C=O) groups excluding carboxylic acids is 1. The minimum Gasteiger partial charge on any atom is -0.364 e. The SMILES string of the molecule is NC(=O)c1ccc(Sc2ccccn2)cn1. The van der Waals surface area contributed by atoms with Crippen LogP contribution in [0.5, 0.6) is 0 Å². The Morgan fingerprint density at radius 1 is 1.19 bits per heavy atom. The highest BCUT2D eigenvalue weighted by Crippen LogP contribution is 2.24. The summed E-state index contributed by atoms with van der Waals surface area (Å²) in [5.74, 6) is -0.519. The number of hydrogen-bond donors (Lipinski definition) is 1. The van der Waals surface area contributed by atoms with Crippen LogP contribution in [-0.2, 0) is 0 Å². The third-order valence-electron chi connectivity index (χ3n) is 1.85. The molecule has 16 heavy (non-hydrogen) atoms. The van der Waals surface area contributed by atoms with Gasteiger partial charge in [0.1, 0.15) is 10.7 Å². The number of rotatable bonds is 3. The Morgan fingerprint density at radius 3 is 2.62 bits per heavy atom. The molecule has 0 aromatic carbocycles. The van der Waals surface area contributed by atoms with Crippen LogP contribution in [-0.4, -0.2) is 15.9 Å². The summed E-state index contributed by atoms with van der Waals surface area (Å²) in [4.78, 5) is 19.9. The Balaban J connectivity index is 2.14. The zero-order chi connectivity index (χ0) is 11.4. The molecule has 1 amide bonds. The maximum atomic E-state index is 10.8. The first-order valence-electron chi connectivity index (χ1n) is 4.60. The van der Waals surface area contributed by atoms with Crippen molar-refractivity contribution < 1.29 is 4.79 Å². The minimum absolute atomic E-state index is 0.269. The van der Waals surface area contributed by atoms with Crippen molar-refractivity contribution >= 4 is 17.7 Å². The number of nitrogens with two attached hydrogens (primary N) is 1. The lowest BCUT2D eigenvalue weighted by atomic mass is 10.3. The molecule has 0 saturated carbocycles. The maximum Gasteiger partial charge on any atom is 0.267 e. The van der Waals surface area contributed by atoms with Crippen molar-refractivity contribution in [2.24, 2.45) is 5.73 Å². The molecule has 0 bridgehead atoms. The number of carbonyl (C=O) groups is 1. The molecule has 0 fully saturated rings. The summed E-state index contributed by atoms with van der Waals surface area (Å²) in [6.45, 7) is 0. The lowest BCUT2D eigenvalue weighted by Crippen LogP contribution is -2.12. The van der Waals surface area contributed by atoms with Gasteiger partial charge in [-0.15, -0.1) is 0 Å². The fourth-order valence-electron chi connectivity index (χ4n) is 1.11. The minimum atomic E-state index is -0.519. The van der Waals surface area contributed by atoms with Crippen LogP contribution in [0.4, 0.5) is 0 Å². The van der Waals surface area contributed by atoms with Gasteiger partial charge in [0.15, 0.2) is 0 Å². The Labute approximate surface area is 96.9 Å². The molecule has 2 aromatic heterocycles. The molecule has 2 heterocycles. The summed E-state index contributed by atoms with van der Waals surface area (Å²) in [6, 6.07) is 9.09. The van der Waals surface area contributed by atoms with E-state index in [4.69, 9.17) is 5.73 Å². The Morgan fingerprint density at radius 2 is 2.06 bits per heavy atom. The first-order chi connectivity index (χ1) is 7.75. The van der Waals surface area contributed by atoms with Crippen molar-refractivity contribution in [3.05, 3.63) is 48.4 Å². The van der Waals surface area contributed by atoms with Crippen LogP contribution in [0.3, 0.4) is 0 Å². The van der Waals surface area contributed by atoms with E-state index < -0.39 is 5.91 Å². The lowest BCUT2D eigenvalue weighted by Gasteiger charge is -2.00. The predicted molar refractivity (Wildman–Crippen MR) is 61.1 cm³/mol. The average molecular weight is 231 g/mol. The van der Waals surface area contributed by atoms with Gasteiger partial charge in [0.05, 0.1) is 0 Å². The zero-order valence-electron chi connectivity index (χ0n) is 8.33. The van der Waals surface area contributed by atoms with Crippen LogP contribution in [0.2, 0.25) is 0 Å². The van der Waals surface area contributed by atoms with E-state index in [1.807, 2.05) is 18.2 Å². The number of hydrogen-bond acceptors (Lipinski definition) is 4. The number of amides is 1. The molecule has 0 aliphatic rings. The molecule has 2 N–H and O–H groups in total. The van der Waals surface area contributed by atoms with E-state index in [0.717, 1.165) is 9.92 Å². The quantitative estimate of drug-likeness (QED) is 0.873. The second-order valence-corrected chi connectivity index (χ2v) is 4.11. The number of primary amides is 1. The molecule has 2 aromatic rings. The maximum absolute atomic E-state index is 10.8. The van der Waals surface area contributed by atoms with Gasteiger partial charge in [0, 0.05) is 17.3 Å². The van der Waals surface area contributed by atoms with E-state index in [2.05, 4.69) is 9.97 Å². The second-order valence-electron chi connectivity index (χ2n) is 3.01. The monoisotopic (exact) mass is 231 g/mol. The third kappa shape index (κ3) is 2.58. The topological polar surface area (TPSA) is 68.9 Å². The van der Waals surface area contributed by atoms with Crippen LogP contribution in [0.1, 0.15) is 10.5 Å². The van der Waals surface area contributed by atoms with Crippen LogP contribution in [0.25, 0.3) is 0 Å². The Hall–Kier alpha value is -1.88. The summed E-state index contributed by atoms with van der Waals surface area (Å²) in [5.41, 5.74) is 5.36. The summed E-state index contributed by atoms with van der Waals surface area (Å²) < 4.78 is 0. The normalized spacial score (nSPS) is 10.0. The van der Waals surface area contributed by atoms with Crippen molar-refractivity contribution in [2.75, 3.05) is 0 Å². The first-order valence-corrected chi connectivity index (χ1v) is 5.42. The summed E-state index contributed by atoms with van der Waals surface area (Å²) in [5, 5.41) is 0.885. The van der Waals surface area contributed by atoms with Crippen molar-refractivity contribution in [2.45, 2.75) is 9.92 Å². The largest absolute Gasteiger partial charge is 0.364 e. The molecule has 0 saturated heterocycles. The lowest BCUT2D eigenvalue weighted by molar-refractivity contribution is 0.0995. The fraction of sp³-hybridized carbons (Fsp3) is 0. The molecule has 0 radical (unpaired) electrons. The molecule has 0 aliphatic carbocycles. The zero-order valence-corrected chi connectivity index (χ0v) is 9.15. The number of pyridine rings is 2. The molecule has 4 nitrogen and oxygen atoms in total. The van der Waals surface area contributed by atoms with Crippen LogP contribution in [0, 0.1) is 0 Å². The van der Waals surface area contributed by atoms with Gasteiger partial charge in [-0.1, -0.05) is 17.8 Å². The molecule has 0 unspecified atom stereocenters. The summed E-state index contributed by atoms with van der Waals surface area (Å²) in [7, 11) is 0. The molecule has 2 rings (SSSR count). The highest BCUT2D eigenvalue weighted by atomic mass is 32.2. The van der Waals surface area contributed by atoms with E-state index >= 15 is 0 Å². The second kappa shape index (κ2) is 4.76. The van der Waals surface area contributed by atoms with E-state index in [9.17, 15) is 4.79 Å². The first kappa shape index (κ1) is 10.6. The van der Waals surface area contributed by atoms with Crippen molar-refractivity contribution in [1.29, 1.82) is 0 Å². The third-order valence-corrected chi connectivity index (χ3v) is 2.78. The van der Waals surface area contributed by atoms with E-state index in [1.54, 1.807) is 24.5 Å². The van der Waals surface area contributed by atoms with Gasteiger partial charge in [-0.05, 0) is 24.3 Å². The predicted octanol–water partition coefficient (Wildman–Crippen LogP) is 1.73. The van der Waals surface area contributed by atoms with E-state index in [0.29, 0.717) is 0 Å². The van der Waals surface area contributed by atoms with Gasteiger partial charge in [-0.3, -0.25) is 4.79 Å². The van der Waals surface area contributed by atoms with Gasteiger partial charge in [0.25, 0.3) is 5.91 Å². The van der Waals surface area contributed by atoms with Crippen LogP contribution >= 0.6 is 11.8 Å². The van der Waals surface area contributed by atoms with Crippen LogP contribution in [0.15, 0.2) is 52.6 Å². The number of aromatic nitrogens is 2. The highest BCUT2D eigenvalue weighted by molar-refractivity contribution is 7.99. The van der Waals surface area contributed by atoms with E-state index in [-0.39, 0.29) is 5.69 Å². The van der Waals surface area contributed by atoms with Crippen LogP contribution < -0.4 is 5.73 Å². The van der Waals surface area contributed by atoms with Gasteiger partial charge in [0.2, 0.25) is 0 Å². The van der Waals surface area contributed by atoms with Gasteiger partial charge >= 0.3 is 0 Å². The molecule has 0 aliphatic heterocycles. The fourth-order valence-corrected chi connectivity index (χ4v) is 1.86. The van der Waals surface area contributed by atoms with Crippen molar-refractivity contribution in [3.63, 3.8) is 0 Å². The van der Waals surface area contributed by atoms with Gasteiger partial charge in [-0.25, -0.2) is 9.97 Å². The van der Waals surface area contributed by atoms with Crippen molar-refractivity contribution in [3.8, 4) is 0 Å². The Kier molecular flexibility index (Phi) is 3.16. The smallest absolute Gasteiger partial charge is 0.267 e. The molecular formula is C11H9N3OS. The number of nitrogens with zero attached hydrogens (tertiary/aromatic N) is 2. The average Bonchev–Trinajstić information content (AvgIpc) is 2.31. The molecule has 0 atom stereocenters. The van der Waals surface area contributed by atoms with Crippen molar-refractivity contribution in [1.82, 2.24) is 9.97 Å². The Bertz CT molecular complexity index is 484. The van der Waals surface area contributed by atoms with E-state index in [1.165, 1.54) is 11.8 Å². The standard InChI is InChI=1S/C11H9N3OS/c12-11(15)9-5-4-8(7-14-9)16-10-3-1-2-6-13-10/h1-7H,(H2,12,15). The van der Waals surface area contributed by atoms with Gasteiger partial charge in [-0.2, -0.15) is 0 Å². The summed E-state index contributed by atoms with van der Waals surface area (Å²) in [6.07, 6.45) is 3.34. The molecular weight excluding hydrogens is 222 g/mol. The molecule has 80 valence electrons. The molecule has 0 spiro atoms. The van der Waals surface area contributed by atoms with Gasteiger partial charge < -0.3 is 5.73 Å². The summed E-state index contributed by atoms with van der Waals surface area (Å²) >= 11 is 1.48. The highest BCUT2D eigenvalue weighted by Gasteiger charge is 2.02.